The van der Waals surface area contributed by atoms with Gasteiger partial charge in [-0.25, -0.2) is 0 Å². The molecule has 1 rings (SSSR count). The summed E-state index contributed by atoms with van der Waals surface area (Å²) in [5.41, 5.74) is 1.39. The van der Waals surface area contributed by atoms with Gasteiger partial charge in [-0.3, -0.25) is 4.90 Å². The molecular weight excluding hydrogens is 129 g/mol. The van der Waals surface area contributed by atoms with Gasteiger partial charge in [-0.2, -0.15) is 0 Å². The van der Waals surface area contributed by atoms with Crippen LogP contribution in [0, 0.1) is 0 Å². The molecule has 1 unspecified atom stereocenters. The fourth-order valence-electron chi connectivity index (χ4n) is 1.07. The lowest BCUT2D eigenvalue weighted by Gasteiger charge is -2.02. The largest absolute Gasteiger partial charge is 1.00 e. The predicted octanol–water partition coefficient (Wildman–Crippen LogP) is -2.28. The summed E-state index contributed by atoms with van der Waals surface area (Å²) in [5.74, 6) is 0. The van der Waals surface area contributed by atoms with Crippen LogP contribution in [-0.4, -0.2) is 6.54 Å². The quantitative estimate of drug-likeness (QED) is 0.444. The first-order chi connectivity index (χ1) is 4.33. The van der Waals surface area contributed by atoms with Crippen molar-refractivity contribution < 1.29 is 9.60 Å². The Morgan fingerprint density at radius 3 is 2.60 bits per heavy atom. The van der Waals surface area contributed by atoms with Gasteiger partial charge < -0.3 is 4.70 Å². The third-order valence-electron chi connectivity index (χ3n) is 1.51. The van der Waals surface area contributed by atoms with E-state index in [1.54, 1.807) is 0 Å². The van der Waals surface area contributed by atoms with Gasteiger partial charge in [0.05, 0.1) is 12.7 Å². The molecule has 1 aliphatic heterocycles. The minimum Gasteiger partial charge on any atom is -1.00 e. The highest BCUT2D eigenvalue weighted by atomic mass is 19.0. The number of halogens is 1. The van der Waals surface area contributed by atoms with E-state index in [-0.39, 0.29) is 4.70 Å². The van der Waals surface area contributed by atoms with Crippen molar-refractivity contribution in [3.8, 4) is 0 Å². The van der Waals surface area contributed by atoms with E-state index in [2.05, 4.69) is 32.3 Å². The van der Waals surface area contributed by atoms with Gasteiger partial charge in [0.25, 0.3) is 0 Å². The smallest absolute Gasteiger partial charge is 0.102 e. The summed E-state index contributed by atoms with van der Waals surface area (Å²) in [5, 5.41) is 0. The second-order valence-corrected chi connectivity index (χ2v) is 2.55. The van der Waals surface area contributed by atoms with Crippen molar-refractivity contribution in [1.82, 2.24) is 0 Å². The maximum atomic E-state index is 2.25. The van der Waals surface area contributed by atoms with Crippen molar-refractivity contribution in [2.24, 2.45) is 0 Å². The van der Waals surface area contributed by atoms with Crippen LogP contribution in [0.2, 0.25) is 0 Å². The van der Waals surface area contributed by atoms with Gasteiger partial charge in [0.1, 0.15) is 6.20 Å². The Labute approximate surface area is 61.4 Å². The molecule has 0 aliphatic carbocycles. The summed E-state index contributed by atoms with van der Waals surface area (Å²) < 4.78 is 0. The van der Waals surface area contributed by atoms with E-state index in [1.807, 2.05) is 0 Å². The van der Waals surface area contributed by atoms with Gasteiger partial charge >= 0.3 is 0 Å². The summed E-state index contributed by atoms with van der Waals surface area (Å²) in [6.45, 7) is 5.58. The van der Waals surface area contributed by atoms with E-state index < -0.39 is 0 Å². The number of nitrogens with one attached hydrogen (secondary N) is 1. The average Bonchev–Trinajstić information content (AvgIpc) is 2.17. The summed E-state index contributed by atoms with van der Waals surface area (Å²) in [7, 11) is 0. The van der Waals surface area contributed by atoms with E-state index in [4.69, 9.17) is 0 Å². The van der Waals surface area contributed by atoms with Crippen LogP contribution in [0.1, 0.15) is 20.3 Å². The lowest BCUT2D eigenvalue weighted by molar-refractivity contribution is -0.787. The Hall–Kier alpha value is -0.630. The van der Waals surface area contributed by atoms with E-state index in [0.717, 1.165) is 0 Å². The molecule has 0 bridgehead atoms. The highest BCUT2D eigenvalue weighted by molar-refractivity contribution is 5.14. The fourth-order valence-corrected chi connectivity index (χ4v) is 1.07. The van der Waals surface area contributed by atoms with Crippen molar-refractivity contribution in [1.29, 1.82) is 0 Å². The van der Waals surface area contributed by atoms with Crippen LogP contribution >= 0.6 is 0 Å². The van der Waals surface area contributed by atoms with Gasteiger partial charge in [-0.1, -0.05) is 6.92 Å². The maximum absolute atomic E-state index is 2.25. The second-order valence-electron chi connectivity index (χ2n) is 2.55. The number of hydrogen-bond acceptors (Lipinski definition) is 0. The van der Waals surface area contributed by atoms with Gasteiger partial charge in [0, 0.05) is 5.57 Å². The van der Waals surface area contributed by atoms with Crippen LogP contribution in [-0.2, 0) is 0 Å². The Kier molecular flexibility index (Phi) is 3.96. The zero-order valence-electron chi connectivity index (χ0n) is 6.52. The van der Waals surface area contributed by atoms with Crippen molar-refractivity contribution in [3.05, 3.63) is 24.0 Å². The van der Waals surface area contributed by atoms with Crippen LogP contribution in [0.15, 0.2) is 24.0 Å². The van der Waals surface area contributed by atoms with Crippen molar-refractivity contribution in [3.63, 3.8) is 0 Å². The highest BCUT2D eigenvalue weighted by Gasteiger charge is 2.04. The molecular formula is C8H14FN. The number of hydrogen-bond donors (Lipinski definition) is 1. The standard InChI is InChI=1S/C8H13N.FH/c1-3-5-9-6-4-8(2)7-9;/h4,6-7H,3,5H2,1-2H3;1H. The number of rotatable bonds is 2. The Bertz CT molecular complexity index is 149. The number of allylic oxidation sites excluding steroid dienone is 2. The summed E-state index contributed by atoms with van der Waals surface area (Å²) in [4.78, 5) is 1.48. The van der Waals surface area contributed by atoms with Crippen LogP contribution in [0.5, 0.6) is 0 Å². The molecule has 0 amide bonds. The van der Waals surface area contributed by atoms with Gasteiger partial charge in [0.2, 0.25) is 0 Å². The molecule has 1 heterocycles. The molecule has 0 saturated heterocycles. The maximum Gasteiger partial charge on any atom is 0.102 e. The molecule has 1 nitrogen and oxygen atoms in total. The molecule has 0 spiro atoms. The summed E-state index contributed by atoms with van der Waals surface area (Å²) >= 11 is 0. The molecule has 0 saturated carbocycles. The molecule has 0 fully saturated rings. The minimum atomic E-state index is 0. The molecule has 1 atom stereocenters. The van der Waals surface area contributed by atoms with E-state index >= 15 is 0 Å². The third kappa shape index (κ3) is 2.31. The number of quaternary nitrogens is 1. The topological polar surface area (TPSA) is 4.44 Å². The van der Waals surface area contributed by atoms with Crippen LogP contribution < -0.4 is 9.60 Å². The van der Waals surface area contributed by atoms with Gasteiger partial charge in [-0.05, 0) is 19.4 Å². The molecule has 0 aromatic heterocycles. The molecule has 0 aromatic carbocycles. The van der Waals surface area contributed by atoms with Crippen LogP contribution in [0.25, 0.3) is 0 Å². The fraction of sp³-hybridized carbons (Fsp3) is 0.500. The normalized spacial score (nSPS) is 22.2. The van der Waals surface area contributed by atoms with Gasteiger partial charge in [-0.15, -0.1) is 0 Å². The van der Waals surface area contributed by atoms with Crippen molar-refractivity contribution in [2.45, 2.75) is 20.3 Å². The highest BCUT2D eigenvalue weighted by Crippen LogP contribution is 1.92. The predicted molar refractivity (Wildman–Crippen MR) is 39.0 cm³/mol. The minimum absolute atomic E-state index is 0. The molecule has 0 aromatic rings. The van der Waals surface area contributed by atoms with E-state index in [1.165, 1.54) is 23.4 Å². The monoisotopic (exact) mass is 143 g/mol. The van der Waals surface area contributed by atoms with E-state index in [9.17, 15) is 0 Å². The Morgan fingerprint density at radius 2 is 2.20 bits per heavy atom. The zero-order chi connectivity index (χ0) is 6.69. The zero-order valence-corrected chi connectivity index (χ0v) is 6.52. The van der Waals surface area contributed by atoms with Gasteiger partial charge in [0.15, 0.2) is 0 Å². The van der Waals surface area contributed by atoms with Crippen molar-refractivity contribution >= 4 is 0 Å². The Morgan fingerprint density at radius 1 is 1.50 bits per heavy atom. The molecule has 10 heavy (non-hydrogen) atoms. The lowest BCUT2D eigenvalue weighted by Crippen LogP contribution is -3.01. The SMILES string of the molecule is CCC[NH+]1C=CC(C)=C1.[F-]. The summed E-state index contributed by atoms with van der Waals surface area (Å²) in [6, 6.07) is 0. The van der Waals surface area contributed by atoms with Crippen LogP contribution in [0.3, 0.4) is 0 Å². The van der Waals surface area contributed by atoms with Crippen LogP contribution in [0.4, 0.5) is 0 Å². The Balaban J connectivity index is 0.000000810. The molecule has 0 radical (unpaired) electrons. The molecule has 1 aliphatic rings. The first kappa shape index (κ1) is 9.37. The lowest BCUT2D eigenvalue weighted by atomic mass is 10.4. The molecule has 58 valence electrons. The van der Waals surface area contributed by atoms with Crippen molar-refractivity contribution in [2.75, 3.05) is 6.54 Å². The molecule has 1 N–H and O–H groups in total. The second kappa shape index (κ2) is 4.23. The first-order valence-electron chi connectivity index (χ1n) is 3.55. The average molecular weight is 143 g/mol. The van der Waals surface area contributed by atoms with E-state index in [0.29, 0.717) is 0 Å². The molecule has 2 heteroatoms. The first-order valence-corrected chi connectivity index (χ1v) is 3.55. The summed E-state index contributed by atoms with van der Waals surface area (Å²) in [6.07, 6.45) is 7.89. The third-order valence-corrected chi connectivity index (χ3v) is 1.51.